The summed E-state index contributed by atoms with van der Waals surface area (Å²) in [7, 11) is 0. The first-order valence-electron chi connectivity index (χ1n) is 7.35. The van der Waals surface area contributed by atoms with Gasteiger partial charge in [-0.2, -0.15) is 0 Å². The number of nitrogens with zero attached hydrogens (tertiary/aromatic N) is 1. The zero-order chi connectivity index (χ0) is 15.4. The molecule has 5 heteroatoms. The van der Waals surface area contributed by atoms with Crippen LogP contribution >= 0.6 is 11.8 Å². The third-order valence-electron chi connectivity index (χ3n) is 3.74. The van der Waals surface area contributed by atoms with Gasteiger partial charge in [0.05, 0.1) is 11.2 Å². The van der Waals surface area contributed by atoms with E-state index in [4.69, 9.17) is 0 Å². The fourth-order valence-electron chi connectivity index (χ4n) is 2.68. The van der Waals surface area contributed by atoms with Crippen LogP contribution in [-0.2, 0) is 9.59 Å². The average molecular weight is 301 g/mol. The van der Waals surface area contributed by atoms with Crippen LogP contribution in [0.15, 0.2) is 0 Å². The summed E-state index contributed by atoms with van der Waals surface area (Å²) in [6.45, 7) is 9.32. The SMILES string of the molecule is CCCC1(C(=O)O)CCCN(C(=O)CSC(C)(C)C)C1. The second-order valence-electron chi connectivity index (χ2n) is 6.66. The number of likely N-dealkylation sites (tertiary alicyclic amines) is 1. The smallest absolute Gasteiger partial charge is 0.311 e. The number of carboxylic acid groups (broad SMARTS) is 1. The lowest BCUT2D eigenvalue weighted by atomic mass is 9.76. The molecule has 20 heavy (non-hydrogen) atoms. The van der Waals surface area contributed by atoms with Gasteiger partial charge in [-0.1, -0.05) is 34.1 Å². The van der Waals surface area contributed by atoms with E-state index in [0.29, 0.717) is 31.7 Å². The highest BCUT2D eigenvalue weighted by atomic mass is 32.2. The maximum Gasteiger partial charge on any atom is 0.311 e. The number of carbonyl (C=O) groups is 2. The molecule has 0 aromatic carbocycles. The van der Waals surface area contributed by atoms with E-state index in [1.54, 1.807) is 16.7 Å². The standard InChI is InChI=1S/C15H27NO3S/c1-5-7-15(13(18)19)8-6-9-16(11-15)12(17)10-20-14(2,3)4/h5-11H2,1-4H3,(H,18,19). The molecule has 0 aromatic rings. The molecule has 1 heterocycles. The minimum absolute atomic E-state index is 0.0543. The normalized spacial score (nSPS) is 23.7. The van der Waals surface area contributed by atoms with Crippen molar-refractivity contribution >= 4 is 23.6 Å². The van der Waals surface area contributed by atoms with Crippen LogP contribution in [0.2, 0.25) is 0 Å². The summed E-state index contributed by atoms with van der Waals surface area (Å²) in [5.41, 5.74) is -0.727. The van der Waals surface area contributed by atoms with Crippen LogP contribution in [0.3, 0.4) is 0 Å². The molecule has 1 saturated heterocycles. The molecule has 1 amide bonds. The summed E-state index contributed by atoms with van der Waals surface area (Å²) < 4.78 is 0.0543. The Bertz CT molecular complexity index is 361. The van der Waals surface area contributed by atoms with Crippen LogP contribution in [0.5, 0.6) is 0 Å². The topological polar surface area (TPSA) is 57.6 Å². The van der Waals surface area contributed by atoms with Gasteiger partial charge in [-0.3, -0.25) is 9.59 Å². The molecule has 0 bridgehead atoms. The van der Waals surface area contributed by atoms with E-state index in [0.717, 1.165) is 12.8 Å². The Morgan fingerprint density at radius 3 is 2.50 bits per heavy atom. The predicted octanol–water partition coefficient (Wildman–Crippen LogP) is 3.01. The molecule has 1 N–H and O–H groups in total. The van der Waals surface area contributed by atoms with Gasteiger partial charge in [0.25, 0.3) is 0 Å². The van der Waals surface area contributed by atoms with Gasteiger partial charge in [0.2, 0.25) is 5.91 Å². The van der Waals surface area contributed by atoms with E-state index < -0.39 is 11.4 Å². The first-order valence-corrected chi connectivity index (χ1v) is 8.34. The van der Waals surface area contributed by atoms with Crippen molar-refractivity contribution in [2.24, 2.45) is 5.41 Å². The summed E-state index contributed by atoms with van der Waals surface area (Å²) in [5.74, 6) is -0.239. The Morgan fingerprint density at radius 1 is 1.35 bits per heavy atom. The molecule has 1 unspecified atom stereocenters. The Hall–Kier alpha value is -0.710. The largest absolute Gasteiger partial charge is 0.481 e. The van der Waals surface area contributed by atoms with E-state index in [1.807, 2.05) is 6.92 Å². The minimum Gasteiger partial charge on any atom is -0.481 e. The molecule has 0 spiro atoms. The van der Waals surface area contributed by atoms with Crippen LogP contribution in [0.25, 0.3) is 0 Å². The summed E-state index contributed by atoms with van der Waals surface area (Å²) in [4.78, 5) is 25.6. The first kappa shape index (κ1) is 17.3. The summed E-state index contributed by atoms with van der Waals surface area (Å²) in [5, 5.41) is 9.54. The lowest BCUT2D eigenvalue weighted by Crippen LogP contribution is -2.50. The summed E-state index contributed by atoms with van der Waals surface area (Å²) in [6, 6.07) is 0. The predicted molar refractivity (Wildman–Crippen MR) is 83.0 cm³/mol. The van der Waals surface area contributed by atoms with E-state index in [1.165, 1.54) is 0 Å². The average Bonchev–Trinajstić information content (AvgIpc) is 2.35. The summed E-state index contributed by atoms with van der Waals surface area (Å²) in [6.07, 6.45) is 2.97. The number of carboxylic acids is 1. The highest BCUT2D eigenvalue weighted by Gasteiger charge is 2.42. The molecule has 0 aliphatic carbocycles. The lowest BCUT2D eigenvalue weighted by molar-refractivity contribution is -0.155. The van der Waals surface area contributed by atoms with Crippen molar-refractivity contribution in [2.45, 2.75) is 58.1 Å². The molecule has 4 nitrogen and oxygen atoms in total. The number of aliphatic carboxylic acids is 1. The van der Waals surface area contributed by atoms with Gasteiger partial charge in [-0.25, -0.2) is 0 Å². The molecule has 116 valence electrons. The molecule has 1 atom stereocenters. The maximum absolute atomic E-state index is 12.3. The van der Waals surface area contributed by atoms with Gasteiger partial charge in [0, 0.05) is 17.8 Å². The fraction of sp³-hybridized carbons (Fsp3) is 0.867. The Balaban J connectivity index is 2.68. The fourth-order valence-corrected chi connectivity index (χ4v) is 3.42. The highest BCUT2D eigenvalue weighted by molar-refractivity contribution is 8.01. The Morgan fingerprint density at radius 2 is 2.00 bits per heavy atom. The highest BCUT2D eigenvalue weighted by Crippen LogP contribution is 2.35. The van der Waals surface area contributed by atoms with Gasteiger partial charge in [0.15, 0.2) is 0 Å². The molecule has 0 saturated carbocycles. The van der Waals surface area contributed by atoms with Crippen molar-refractivity contribution in [3.63, 3.8) is 0 Å². The third-order valence-corrected chi connectivity index (χ3v) is 5.00. The minimum atomic E-state index is -0.750. The van der Waals surface area contributed by atoms with E-state index in [-0.39, 0.29) is 10.7 Å². The number of hydrogen-bond acceptors (Lipinski definition) is 3. The van der Waals surface area contributed by atoms with Crippen molar-refractivity contribution in [3.8, 4) is 0 Å². The molecule has 0 radical (unpaired) electrons. The first-order chi connectivity index (χ1) is 9.20. The molecule has 1 aliphatic rings. The maximum atomic E-state index is 12.3. The van der Waals surface area contributed by atoms with Crippen molar-refractivity contribution in [3.05, 3.63) is 0 Å². The van der Waals surface area contributed by atoms with Crippen LogP contribution in [0, 0.1) is 5.41 Å². The zero-order valence-corrected chi connectivity index (χ0v) is 13.9. The van der Waals surface area contributed by atoms with Gasteiger partial charge in [-0.05, 0) is 19.3 Å². The van der Waals surface area contributed by atoms with Gasteiger partial charge < -0.3 is 10.0 Å². The number of amides is 1. The van der Waals surface area contributed by atoms with Crippen LogP contribution in [-0.4, -0.2) is 45.5 Å². The van der Waals surface area contributed by atoms with E-state index in [9.17, 15) is 14.7 Å². The molecule has 1 aliphatic heterocycles. The van der Waals surface area contributed by atoms with Crippen molar-refractivity contribution < 1.29 is 14.7 Å². The van der Waals surface area contributed by atoms with Gasteiger partial charge in [0.1, 0.15) is 0 Å². The number of rotatable bonds is 5. The van der Waals surface area contributed by atoms with Crippen LogP contribution < -0.4 is 0 Å². The van der Waals surface area contributed by atoms with Gasteiger partial charge in [-0.15, -0.1) is 11.8 Å². The summed E-state index contributed by atoms with van der Waals surface area (Å²) >= 11 is 1.62. The van der Waals surface area contributed by atoms with Crippen LogP contribution in [0.1, 0.15) is 53.4 Å². The number of carbonyl (C=O) groups excluding carboxylic acids is 1. The molecule has 0 aromatic heterocycles. The van der Waals surface area contributed by atoms with Crippen molar-refractivity contribution in [1.82, 2.24) is 4.90 Å². The second-order valence-corrected chi connectivity index (χ2v) is 8.46. The zero-order valence-electron chi connectivity index (χ0n) is 13.1. The Labute approximate surface area is 126 Å². The number of hydrogen-bond donors (Lipinski definition) is 1. The van der Waals surface area contributed by atoms with E-state index in [2.05, 4.69) is 20.8 Å². The van der Waals surface area contributed by atoms with E-state index >= 15 is 0 Å². The molecular formula is C15H27NO3S. The number of thioether (sulfide) groups is 1. The quantitative estimate of drug-likeness (QED) is 0.848. The van der Waals surface area contributed by atoms with Crippen molar-refractivity contribution in [1.29, 1.82) is 0 Å². The third kappa shape index (κ3) is 4.69. The second kappa shape index (κ2) is 6.83. The lowest BCUT2D eigenvalue weighted by Gasteiger charge is -2.40. The monoisotopic (exact) mass is 301 g/mol. The molecular weight excluding hydrogens is 274 g/mol. The Kier molecular flexibility index (Phi) is 5.92. The molecule has 1 fully saturated rings. The molecule has 1 rings (SSSR count). The van der Waals surface area contributed by atoms with Crippen LogP contribution in [0.4, 0.5) is 0 Å². The number of piperidine rings is 1. The van der Waals surface area contributed by atoms with Crippen molar-refractivity contribution in [2.75, 3.05) is 18.8 Å². The van der Waals surface area contributed by atoms with Gasteiger partial charge >= 0.3 is 5.97 Å².